The van der Waals surface area contributed by atoms with E-state index in [9.17, 15) is 4.79 Å². The molecular weight excluding hydrogens is 300 g/mol. The maximum atomic E-state index is 12.1. The number of esters is 1. The lowest BCUT2D eigenvalue weighted by Crippen LogP contribution is -2.48. The molecule has 2 aromatic heterocycles. The van der Waals surface area contributed by atoms with Crippen molar-refractivity contribution >= 4 is 11.5 Å². The number of rotatable bonds is 5. The van der Waals surface area contributed by atoms with Crippen molar-refractivity contribution in [3.05, 3.63) is 47.8 Å². The average Bonchev–Trinajstić information content (AvgIpc) is 2.98. The van der Waals surface area contributed by atoms with Gasteiger partial charge in [-0.15, -0.1) is 0 Å². The summed E-state index contributed by atoms with van der Waals surface area (Å²) in [5, 5.41) is 4.26. The van der Waals surface area contributed by atoms with Gasteiger partial charge in [0.15, 0.2) is 0 Å². The summed E-state index contributed by atoms with van der Waals surface area (Å²) in [5.41, 5.74) is 3.81. The van der Waals surface area contributed by atoms with Crippen molar-refractivity contribution in [1.29, 1.82) is 0 Å². The van der Waals surface area contributed by atoms with Crippen LogP contribution in [0.5, 0.6) is 0 Å². The third-order valence-electron chi connectivity index (χ3n) is 6.08. The van der Waals surface area contributed by atoms with E-state index in [0.717, 1.165) is 23.4 Å². The second kappa shape index (κ2) is 5.76. The van der Waals surface area contributed by atoms with Gasteiger partial charge in [0.25, 0.3) is 0 Å². The van der Waals surface area contributed by atoms with Gasteiger partial charge < -0.3 is 4.74 Å². The number of carbonyl (C=O) groups is 1. The Labute approximate surface area is 142 Å². The largest absolute Gasteiger partial charge is 0.465 e. The minimum Gasteiger partial charge on any atom is -0.465 e. The van der Waals surface area contributed by atoms with E-state index in [1.807, 2.05) is 24.4 Å². The first-order valence-electron chi connectivity index (χ1n) is 8.81. The lowest BCUT2D eigenvalue weighted by Gasteiger charge is -2.56. The number of allylic oxidation sites excluding steroid dienone is 1. The second-order valence-electron chi connectivity index (χ2n) is 7.67. The Morgan fingerprint density at radius 2 is 2.29 bits per heavy atom. The SMILES string of the molecule is CC1(C)[C@H]2CC=C(CCOC(=O)Cc3cnn4ccccc34)[C@@H]1C2. The Morgan fingerprint density at radius 1 is 1.42 bits per heavy atom. The van der Waals surface area contributed by atoms with Crippen molar-refractivity contribution in [2.45, 2.75) is 39.5 Å². The van der Waals surface area contributed by atoms with Crippen molar-refractivity contribution < 1.29 is 9.53 Å². The minimum atomic E-state index is -0.170. The molecule has 0 aliphatic heterocycles. The summed E-state index contributed by atoms with van der Waals surface area (Å²) < 4.78 is 7.27. The molecule has 0 amide bonds. The number of aromatic nitrogens is 2. The van der Waals surface area contributed by atoms with Crippen LogP contribution in [0.2, 0.25) is 0 Å². The molecule has 3 aliphatic rings. The Morgan fingerprint density at radius 3 is 3.08 bits per heavy atom. The summed E-state index contributed by atoms with van der Waals surface area (Å²) in [7, 11) is 0. The number of ether oxygens (including phenoxy) is 1. The van der Waals surface area contributed by atoms with E-state index in [-0.39, 0.29) is 12.4 Å². The number of carbonyl (C=O) groups excluding carboxylic acids is 1. The van der Waals surface area contributed by atoms with Crippen LogP contribution in [0.15, 0.2) is 42.2 Å². The summed E-state index contributed by atoms with van der Waals surface area (Å²) in [4.78, 5) is 12.1. The van der Waals surface area contributed by atoms with Gasteiger partial charge in [-0.25, -0.2) is 4.52 Å². The zero-order valence-corrected chi connectivity index (χ0v) is 14.4. The normalized spacial score (nSPS) is 24.3. The van der Waals surface area contributed by atoms with E-state index >= 15 is 0 Å². The van der Waals surface area contributed by atoms with Crippen molar-refractivity contribution in [2.75, 3.05) is 6.61 Å². The van der Waals surface area contributed by atoms with Gasteiger partial charge in [-0.1, -0.05) is 31.6 Å². The lowest BCUT2D eigenvalue weighted by atomic mass is 9.48. The molecule has 126 valence electrons. The fraction of sp³-hybridized carbons (Fsp3) is 0.500. The van der Waals surface area contributed by atoms with Crippen LogP contribution in [0.25, 0.3) is 5.52 Å². The maximum Gasteiger partial charge on any atom is 0.310 e. The summed E-state index contributed by atoms with van der Waals surface area (Å²) >= 11 is 0. The molecule has 0 radical (unpaired) electrons. The Hall–Kier alpha value is -2.10. The highest BCUT2D eigenvalue weighted by Gasteiger charge is 2.50. The first-order chi connectivity index (χ1) is 11.6. The van der Waals surface area contributed by atoms with E-state index in [1.165, 1.54) is 18.4 Å². The Bertz CT molecular complexity index is 803. The number of hydrogen-bond donors (Lipinski definition) is 0. The van der Waals surface area contributed by atoms with E-state index in [1.54, 1.807) is 10.7 Å². The highest BCUT2D eigenvalue weighted by atomic mass is 16.5. The molecule has 2 aromatic rings. The first-order valence-corrected chi connectivity index (χ1v) is 8.81. The van der Waals surface area contributed by atoms with Crippen LogP contribution in [-0.4, -0.2) is 22.2 Å². The highest BCUT2D eigenvalue weighted by molar-refractivity contribution is 5.75. The summed E-state index contributed by atoms with van der Waals surface area (Å²) in [6.07, 6.45) is 9.67. The van der Waals surface area contributed by atoms with Gasteiger partial charge in [0, 0.05) is 18.2 Å². The third-order valence-corrected chi connectivity index (χ3v) is 6.08. The molecule has 0 spiro atoms. The van der Waals surface area contributed by atoms with Crippen LogP contribution in [0.4, 0.5) is 0 Å². The van der Waals surface area contributed by atoms with Crippen LogP contribution >= 0.6 is 0 Å². The monoisotopic (exact) mass is 324 g/mol. The number of nitrogens with zero attached hydrogens (tertiary/aromatic N) is 2. The predicted octanol–water partition coefficient (Wildman–Crippen LogP) is 3.80. The van der Waals surface area contributed by atoms with Crippen LogP contribution < -0.4 is 0 Å². The molecule has 4 nitrogen and oxygen atoms in total. The van der Waals surface area contributed by atoms with Crippen LogP contribution in [0.3, 0.4) is 0 Å². The molecule has 4 heteroatoms. The predicted molar refractivity (Wildman–Crippen MR) is 92.6 cm³/mol. The molecule has 2 atom stereocenters. The second-order valence-corrected chi connectivity index (χ2v) is 7.67. The summed E-state index contributed by atoms with van der Waals surface area (Å²) in [6.45, 7) is 5.23. The van der Waals surface area contributed by atoms with Crippen molar-refractivity contribution in [3.63, 3.8) is 0 Å². The van der Waals surface area contributed by atoms with Gasteiger partial charge in [-0.2, -0.15) is 5.10 Å². The molecule has 3 aliphatic carbocycles. The molecule has 2 heterocycles. The third kappa shape index (κ3) is 2.54. The zero-order chi connectivity index (χ0) is 16.7. The van der Waals surface area contributed by atoms with Crippen LogP contribution in [-0.2, 0) is 16.0 Å². The van der Waals surface area contributed by atoms with Crippen LogP contribution in [0.1, 0.15) is 38.7 Å². The number of pyridine rings is 1. The lowest BCUT2D eigenvalue weighted by molar-refractivity contribution is -0.142. The van der Waals surface area contributed by atoms with Gasteiger partial charge in [-0.05, 0) is 42.2 Å². The molecule has 0 N–H and O–H groups in total. The van der Waals surface area contributed by atoms with E-state index in [4.69, 9.17) is 4.74 Å². The minimum absolute atomic E-state index is 0.170. The standard InChI is InChI=1S/C20H24N2O2/c1-20(2)16-7-6-14(17(20)12-16)8-10-24-19(23)11-15-13-21-22-9-4-3-5-18(15)22/h3-6,9,13,16-17H,7-8,10-12H2,1-2H3/t16-,17-/m0/s1. The maximum absolute atomic E-state index is 12.1. The average molecular weight is 324 g/mol. The first kappa shape index (κ1) is 15.4. The van der Waals surface area contributed by atoms with E-state index in [0.29, 0.717) is 17.9 Å². The quantitative estimate of drug-likeness (QED) is 0.620. The number of hydrogen-bond acceptors (Lipinski definition) is 3. The number of fused-ring (bicyclic) bond motifs is 2. The molecule has 5 rings (SSSR count). The smallest absolute Gasteiger partial charge is 0.310 e. The zero-order valence-electron chi connectivity index (χ0n) is 14.4. The molecule has 1 saturated carbocycles. The van der Waals surface area contributed by atoms with E-state index in [2.05, 4.69) is 25.0 Å². The van der Waals surface area contributed by atoms with Crippen molar-refractivity contribution in [1.82, 2.24) is 9.61 Å². The highest BCUT2D eigenvalue weighted by Crippen LogP contribution is 2.59. The summed E-state index contributed by atoms with van der Waals surface area (Å²) in [5.74, 6) is 1.37. The van der Waals surface area contributed by atoms with Gasteiger partial charge in [0.1, 0.15) is 0 Å². The topological polar surface area (TPSA) is 43.6 Å². The van der Waals surface area contributed by atoms with Gasteiger partial charge in [-0.3, -0.25) is 4.79 Å². The fourth-order valence-corrected chi connectivity index (χ4v) is 4.37. The molecule has 2 bridgehead atoms. The van der Waals surface area contributed by atoms with Gasteiger partial charge in [0.2, 0.25) is 0 Å². The van der Waals surface area contributed by atoms with Crippen LogP contribution in [0, 0.1) is 17.3 Å². The molecule has 1 fully saturated rings. The van der Waals surface area contributed by atoms with Gasteiger partial charge >= 0.3 is 5.97 Å². The molecule has 0 unspecified atom stereocenters. The Kier molecular flexibility index (Phi) is 3.70. The molecule has 0 aromatic carbocycles. The molecular formula is C20H24N2O2. The van der Waals surface area contributed by atoms with E-state index < -0.39 is 0 Å². The summed E-state index contributed by atoms with van der Waals surface area (Å²) in [6, 6.07) is 5.85. The molecule has 0 saturated heterocycles. The molecule has 24 heavy (non-hydrogen) atoms. The Balaban J connectivity index is 1.31. The van der Waals surface area contributed by atoms with Gasteiger partial charge in [0.05, 0.1) is 24.7 Å². The van der Waals surface area contributed by atoms with Crippen molar-refractivity contribution in [3.8, 4) is 0 Å². The van der Waals surface area contributed by atoms with Crippen molar-refractivity contribution in [2.24, 2.45) is 17.3 Å². The fourth-order valence-electron chi connectivity index (χ4n) is 4.37.